The van der Waals surface area contributed by atoms with Gasteiger partial charge in [0, 0.05) is 70.2 Å². The lowest BCUT2D eigenvalue weighted by molar-refractivity contribution is -0.141. The normalized spacial score (nSPS) is 25.7. The van der Waals surface area contributed by atoms with Crippen molar-refractivity contribution in [2.45, 2.75) is 52.5 Å². The third-order valence-corrected chi connectivity index (χ3v) is 7.87. The van der Waals surface area contributed by atoms with E-state index < -0.39 is 0 Å². The van der Waals surface area contributed by atoms with E-state index in [1.807, 2.05) is 22.1 Å². The molecule has 0 unspecified atom stereocenters. The Kier molecular flexibility index (Phi) is 6.51. The third-order valence-electron chi connectivity index (χ3n) is 7.87. The van der Waals surface area contributed by atoms with Crippen LogP contribution >= 0.6 is 0 Å². The minimum Gasteiger partial charge on any atom is -0.342 e. The first-order valence-electron chi connectivity index (χ1n) is 12.0. The average molecular weight is 428 g/mol. The molecule has 0 bridgehead atoms. The maximum absolute atomic E-state index is 13.6. The van der Waals surface area contributed by atoms with Gasteiger partial charge < -0.3 is 15.1 Å². The molecule has 3 fully saturated rings. The molecule has 3 saturated heterocycles. The minimum absolute atomic E-state index is 0.0452. The van der Waals surface area contributed by atoms with Crippen molar-refractivity contribution >= 4 is 11.9 Å². The van der Waals surface area contributed by atoms with Crippen molar-refractivity contribution in [1.29, 1.82) is 0 Å². The predicted octanol–water partition coefficient (Wildman–Crippen LogP) is 2.73. The zero-order chi connectivity index (χ0) is 21.9. The van der Waals surface area contributed by atoms with Gasteiger partial charge in [0.1, 0.15) is 0 Å². The van der Waals surface area contributed by atoms with Crippen LogP contribution in [0.3, 0.4) is 0 Å². The standard InChI is InChI=1S/C24H37N5O2/c1-3-5-12-26-22(31)29-13-8-23(9-14-29)18-27(17-20-7-6-11-25-16-20)19-24(23)10-15-28(4-2)21(24)30/h6-7,11,16H,3-5,8-10,12-15,17-19H2,1-2H3,(H,26,31)/t24-/m0/s1. The van der Waals surface area contributed by atoms with Crippen molar-refractivity contribution in [3.63, 3.8) is 0 Å². The van der Waals surface area contributed by atoms with E-state index in [0.29, 0.717) is 5.91 Å². The quantitative estimate of drug-likeness (QED) is 0.709. The van der Waals surface area contributed by atoms with E-state index in [2.05, 4.69) is 35.1 Å². The summed E-state index contributed by atoms with van der Waals surface area (Å²) in [6.45, 7) is 10.6. The Morgan fingerprint density at radius 1 is 1.16 bits per heavy atom. The van der Waals surface area contributed by atoms with Crippen LogP contribution in [0.2, 0.25) is 0 Å². The summed E-state index contributed by atoms with van der Waals surface area (Å²) in [5, 5.41) is 3.05. The van der Waals surface area contributed by atoms with Gasteiger partial charge in [-0.25, -0.2) is 4.79 Å². The second-order valence-electron chi connectivity index (χ2n) is 9.58. The van der Waals surface area contributed by atoms with Crippen LogP contribution in [-0.2, 0) is 11.3 Å². The molecule has 3 aliphatic heterocycles. The molecule has 0 radical (unpaired) electrons. The van der Waals surface area contributed by atoms with E-state index in [1.165, 1.54) is 5.56 Å². The monoisotopic (exact) mass is 427 g/mol. The van der Waals surface area contributed by atoms with Gasteiger partial charge in [0.05, 0.1) is 5.41 Å². The van der Waals surface area contributed by atoms with Gasteiger partial charge in [0.25, 0.3) is 0 Å². The Labute approximate surface area is 186 Å². The molecule has 0 saturated carbocycles. The van der Waals surface area contributed by atoms with Gasteiger partial charge in [-0.1, -0.05) is 19.4 Å². The summed E-state index contributed by atoms with van der Waals surface area (Å²) in [4.78, 5) is 36.9. The fourth-order valence-corrected chi connectivity index (χ4v) is 6.08. The van der Waals surface area contributed by atoms with Gasteiger partial charge in [0.15, 0.2) is 0 Å². The van der Waals surface area contributed by atoms with Crippen molar-refractivity contribution < 1.29 is 9.59 Å². The first kappa shape index (κ1) is 22.1. The summed E-state index contributed by atoms with van der Waals surface area (Å²) < 4.78 is 0. The summed E-state index contributed by atoms with van der Waals surface area (Å²) in [5.41, 5.74) is 0.840. The summed E-state index contributed by atoms with van der Waals surface area (Å²) in [6.07, 6.45) is 8.56. The van der Waals surface area contributed by atoms with Crippen LogP contribution in [0.25, 0.3) is 0 Å². The first-order chi connectivity index (χ1) is 15.0. The number of carbonyl (C=O) groups excluding carboxylic acids is 2. The van der Waals surface area contributed by atoms with Crippen LogP contribution in [0.4, 0.5) is 4.79 Å². The molecule has 4 rings (SSSR count). The summed E-state index contributed by atoms with van der Waals surface area (Å²) in [6, 6.07) is 4.14. The Balaban J connectivity index is 1.50. The second kappa shape index (κ2) is 9.15. The Hall–Kier alpha value is -2.15. The SMILES string of the molecule is CCCCNC(=O)N1CCC2(CC1)CN(Cc1cccnc1)C[C@]21CCN(CC)C1=O. The van der Waals surface area contributed by atoms with Gasteiger partial charge >= 0.3 is 6.03 Å². The number of carbonyl (C=O) groups is 2. The molecule has 0 aromatic carbocycles. The number of rotatable bonds is 6. The van der Waals surface area contributed by atoms with Crippen molar-refractivity contribution in [2.24, 2.45) is 10.8 Å². The number of piperidine rings is 1. The highest BCUT2D eigenvalue weighted by Gasteiger charge is 2.64. The van der Waals surface area contributed by atoms with Gasteiger partial charge in [-0.05, 0) is 44.2 Å². The van der Waals surface area contributed by atoms with Crippen LogP contribution in [0.1, 0.15) is 51.5 Å². The van der Waals surface area contributed by atoms with Crippen molar-refractivity contribution in [1.82, 2.24) is 25.0 Å². The highest BCUT2D eigenvalue weighted by molar-refractivity contribution is 5.87. The van der Waals surface area contributed by atoms with Crippen molar-refractivity contribution in [2.75, 3.05) is 45.8 Å². The highest BCUT2D eigenvalue weighted by Crippen LogP contribution is 2.58. The number of hydrogen-bond acceptors (Lipinski definition) is 4. The molecule has 1 atom stereocenters. The highest BCUT2D eigenvalue weighted by atomic mass is 16.2. The zero-order valence-corrected chi connectivity index (χ0v) is 19.1. The van der Waals surface area contributed by atoms with Crippen LogP contribution in [0.5, 0.6) is 0 Å². The lowest BCUT2D eigenvalue weighted by Crippen LogP contribution is -2.55. The Bertz CT molecular complexity index is 777. The van der Waals surface area contributed by atoms with E-state index >= 15 is 0 Å². The van der Waals surface area contributed by atoms with Crippen LogP contribution < -0.4 is 5.32 Å². The topological polar surface area (TPSA) is 68.8 Å². The molecule has 2 spiro atoms. The zero-order valence-electron chi connectivity index (χ0n) is 19.1. The molecule has 1 aromatic rings. The van der Waals surface area contributed by atoms with Crippen molar-refractivity contribution in [3.05, 3.63) is 30.1 Å². The molecule has 7 heteroatoms. The maximum atomic E-state index is 13.6. The Morgan fingerprint density at radius 2 is 1.97 bits per heavy atom. The van der Waals surface area contributed by atoms with Crippen LogP contribution in [0.15, 0.2) is 24.5 Å². The number of hydrogen-bond donors (Lipinski definition) is 1. The first-order valence-corrected chi connectivity index (χ1v) is 12.0. The number of urea groups is 1. The number of fused-ring (bicyclic) bond motifs is 1. The van der Waals surface area contributed by atoms with Crippen LogP contribution in [-0.4, -0.2) is 77.4 Å². The molecule has 3 amide bonds. The molecule has 1 aromatic heterocycles. The molecule has 7 nitrogen and oxygen atoms in total. The van der Waals surface area contributed by atoms with Gasteiger partial charge in [-0.15, -0.1) is 0 Å². The van der Waals surface area contributed by atoms with E-state index in [1.54, 1.807) is 6.20 Å². The van der Waals surface area contributed by atoms with E-state index in [0.717, 1.165) is 84.5 Å². The van der Waals surface area contributed by atoms with Crippen molar-refractivity contribution in [3.8, 4) is 0 Å². The van der Waals surface area contributed by atoms with E-state index in [-0.39, 0.29) is 16.9 Å². The van der Waals surface area contributed by atoms with Gasteiger partial charge in [-0.2, -0.15) is 0 Å². The molecular formula is C24H37N5O2. The minimum atomic E-state index is -0.310. The van der Waals surface area contributed by atoms with E-state index in [9.17, 15) is 9.59 Å². The predicted molar refractivity (Wildman–Crippen MR) is 120 cm³/mol. The lowest BCUT2D eigenvalue weighted by atomic mass is 9.60. The molecule has 0 aliphatic carbocycles. The fourth-order valence-electron chi connectivity index (χ4n) is 6.08. The summed E-state index contributed by atoms with van der Waals surface area (Å²) in [5.74, 6) is 0.338. The fraction of sp³-hybridized carbons (Fsp3) is 0.708. The lowest BCUT2D eigenvalue weighted by Gasteiger charge is -2.47. The number of amides is 3. The second-order valence-corrected chi connectivity index (χ2v) is 9.58. The largest absolute Gasteiger partial charge is 0.342 e. The number of likely N-dealkylation sites (tertiary alicyclic amines) is 3. The number of aromatic nitrogens is 1. The van der Waals surface area contributed by atoms with Crippen LogP contribution in [0, 0.1) is 10.8 Å². The molecule has 170 valence electrons. The van der Waals surface area contributed by atoms with Gasteiger partial charge in [0.2, 0.25) is 5.91 Å². The van der Waals surface area contributed by atoms with Gasteiger partial charge in [-0.3, -0.25) is 14.7 Å². The Morgan fingerprint density at radius 3 is 2.61 bits per heavy atom. The number of pyridine rings is 1. The molecule has 31 heavy (non-hydrogen) atoms. The molecule has 4 heterocycles. The summed E-state index contributed by atoms with van der Waals surface area (Å²) >= 11 is 0. The number of nitrogens with one attached hydrogen (secondary N) is 1. The number of unbranched alkanes of at least 4 members (excludes halogenated alkanes) is 1. The van der Waals surface area contributed by atoms with E-state index in [4.69, 9.17) is 0 Å². The number of nitrogens with zero attached hydrogens (tertiary/aromatic N) is 4. The molecule has 1 N–H and O–H groups in total. The maximum Gasteiger partial charge on any atom is 0.317 e. The molecular weight excluding hydrogens is 390 g/mol. The molecule has 3 aliphatic rings. The summed E-state index contributed by atoms with van der Waals surface area (Å²) in [7, 11) is 0. The average Bonchev–Trinajstić information content (AvgIpc) is 3.26. The third kappa shape index (κ3) is 4.04. The smallest absolute Gasteiger partial charge is 0.317 e.